The molecule has 0 amide bonds. The summed E-state index contributed by atoms with van der Waals surface area (Å²) in [6, 6.07) is 10.5. The summed E-state index contributed by atoms with van der Waals surface area (Å²) in [5.74, 6) is -0.240. The number of halogens is 6. The minimum Gasteiger partial charge on any atom is -0.405 e. The molecule has 2 aliphatic rings. The number of H-pyrrole nitrogens is 1. The quantitative estimate of drug-likeness (QED) is 0.406. The number of nitrogens with one attached hydrogen (secondary N) is 2. The van der Waals surface area contributed by atoms with E-state index in [4.69, 9.17) is 0 Å². The fraction of sp³-hybridized carbons (Fsp3) is 0.385. The molecular weight excluding hydrogens is 516 g/mol. The lowest BCUT2D eigenvalue weighted by molar-refractivity contribution is -0.274. The van der Waals surface area contributed by atoms with Gasteiger partial charge in [-0.15, -0.1) is 13.2 Å². The molecule has 6 nitrogen and oxygen atoms in total. The lowest BCUT2D eigenvalue weighted by atomic mass is 10.0. The van der Waals surface area contributed by atoms with Gasteiger partial charge in [0.2, 0.25) is 0 Å². The maximum atomic E-state index is 12.9. The molecule has 1 saturated heterocycles. The molecule has 38 heavy (non-hydrogen) atoms. The molecule has 3 aromatic rings. The van der Waals surface area contributed by atoms with Gasteiger partial charge in [0, 0.05) is 29.9 Å². The zero-order chi connectivity index (χ0) is 27.3. The number of hydrogen-bond donors (Lipinski definition) is 2. The van der Waals surface area contributed by atoms with Crippen molar-refractivity contribution in [2.24, 2.45) is 5.92 Å². The molecule has 2 N–H and O–H groups in total. The van der Waals surface area contributed by atoms with E-state index in [1.807, 2.05) is 0 Å². The molecule has 2 heterocycles. The van der Waals surface area contributed by atoms with Crippen molar-refractivity contribution in [3.05, 3.63) is 86.7 Å². The Bertz CT molecular complexity index is 1440. The first kappa shape index (κ1) is 26.1. The Labute approximate surface area is 212 Å². The van der Waals surface area contributed by atoms with Crippen molar-refractivity contribution >= 4 is 0 Å². The van der Waals surface area contributed by atoms with Crippen LogP contribution in [0.4, 0.5) is 26.3 Å². The first-order valence-electron chi connectivity index (χ1n) is 12.0. The van der Waals surface area contributed by atoms with Crippen LogP contribution in [0.25, 0.3) is 11.1 Å². The predicted octanol–water partition coefficient (Wildman–Crippen LogP) is 5.18. The van der Waals surface area contributed by atoms with Crippen LogP contribution in [-0.2, 0) is 18.3 Å². The highest BCUT2D eigenvalue weighted by atomic mass is 19.4. The Morgan fingerprint density at radius 1 is 0.974 bits per heavy atom. The molecule has 2 aromatic carbocycles. The SMILES string of the molecule is O=c1[nH]c(=O)n(CCCC2C[C@@H]3C[C@]3(c3ccc(C(F)(F)F)cc3)N2)cc1-c1ccccc1OC(F)(F)F. The van der Waals surface area contributed by atoms with Crippen LogP contribution in [0.3, 0.4) is 0 Å². The number of para-hydroxylation sites is 1. The first-order chi connectivity index (χ1) is 17.9. The summed E-state index contributed by atoms with van der Waals surface area (Å²) in [6.07, 6.45) is -5.25. The van der Waals surface area contributed by atoms with Gasteiger partial charge in [-0.25, -0.2) is 4.79 Å². The monoisotopic (exact) mass is 539 g/mol. The number of hydrogen-bond acceptors (Lipinski definition) is 4. The van der Waals surface area contributed by atoms with Gasteiger partial charge in [-0.1, -0.05) is 30.3 Å². The molecule has 1 saturated carbocycles. The average Bonchev–Trinajstić information content (AvgIpc) is 3.41. The van der Waals surface area contributed by atoms with Gasteiger partial charge in [-0.2, -0.15) is 13.2 Å². The first-order valence-corrected chi connectivity index (χ1v) is 12.0. The van der Waals surface area contributed by atoms with Gasteiger partial charge in [0.25, 0.3) is 5.56 Å². The number of aromatic amines is 1. The molecule has 5 rings (SSSR count). The summed E-state index contributed by atoms with van der Waals surface area (Å²) in [5.41, 5.74) is -1.96. The maximum Gasteiger partial charge on any atom is 0.573 e. The highest BCUT2D eigenvalue weighted by Gasteiger charge is 2.60. The molecule has 3 atom stereocenters. The fourth-order valence-corrected chi connectivity index (χ4v) is 5.42. The van der Waals surface area contributed by atoms with Crippen molar-refractivity contribution in [1.82, 2.24) is 14.9 Å². The Balaban J connectivity index is 1.25. The van der Waals surface area contributed by atoms with Crippen LogP contribution in [0.1, 0.15) is 36.8 Å². The zero-order valence-corrected chi connectivity index (χ0v) is 19.8. The molecule has 1 aliphatic heterocycles. The second kappa shape index (κ2) is 9.33. The Kier molecular flexibility index (Phi) is 6.41. The number of aromatic nitrogens is 2. The minimum absolute atomic E-state index is 0.0925. The second-order valence-corrected chi connectivity index (χ2v) is 9.71. The molecule has 1 aliphatic carbocycles. The largest absolute Gasteiger partial charge is 0.573 e. The summed E-state index contributed by atoms with van der Waals surface area (Å²) in [5, 5.41) is 3.54. The van der Waals surface area contributed by atoms with Gasteiger partial charge in [0.15, 0.2) is 0 Å². The van der Waals surface area contributed by atoms with E-state index >= 15 is 0 Å². The van der Waals surface area contributed by atoms with Crippen molar-refractivity contribution in [1.29, 1.82) is 0 Å². The molecule has 1 unspecified atom stereocenters. The van der Waals surface area contributed by atoms with E-state index < -0.39 is 35.1 Å². The Hall–Kier alpha value is -3.54. The van der Waals surface area contributed by atoms with Crippen LogP contribution >= 0.6 is 0 Å². The number of nitrogens with zero attached hydrogens (tertiary/aromatic N) is 1. The fourth-order valence-electron chi connectivity index (χ4n) is 5.42. The Morgan fingerprint density at radius 2 is 1.68 bits per heavy atom. The van der Waals surface area contributed by atoms with E-state index in [9.17, 15) is 35.9 Å². The third-order valence-electron chi connectivity index (χ3n) is 7.23. The Morgan fingerprint density at radius 3 is 2.37 bits per heavy atom. The van der Waals surface area contributed by atoms with E-state index in [-0.39, 0.29) is 29.3 Å². The highest BCUT2D eigenvalue weighted by Crippen LogP contribution is 2.59. The van der Waals surface area contributed by atoms with Gasteiger partial charge in [0.05, 0.1) is 11.1 Å². The molecule has 2 fully saturated rings. The molecule has 1 aromatic heterocycles. The number of fused-ring (bicyclic) bond motifs is 1. The van der Waals surface area contributed by atoms with Crippen LogP contribution < -0.4 is 21.3 Å². The standard InChI is InChI=1S/C26H23F6N3O3/c27-25(28,29)16-9-7-15(8-10-16)24-13-17(24)12-18(34-24)4-3-11-35-14-20(22(36)33-23(35)37)19-5-1-2-6-21(19)38-26(30,31)32/h1-2,5-10,14,17-18,34H,3-4,11-13H2,(H,33,36,37)/t17-,18?,24-/m1/s1. The molecule has 0 radical (unpaired) electrons. The lowest BCUT2D eigenvalue weighted by Gasteiger charge is -2.20. The van der Waals surface area contributed by atoms with Gasteiger partial charge >= 0.3 is 18.2 Å². The molecular formula is C26H23F6N3O3. The van der Waals surface area contributed by atoms with E-state index in [1.165, 1.54) is 41.1 Å². The molecule has 202 valence electrons. The molecule has 0 bridgehead atoms. The van der Waals surface area contributed by atoms with Gasteiger partial charge in [-0.05, 0) is 55.4 Å². The van der Waals surface area contributed by atoms with Crippen molar-refractivity contribution in [3.63, 3.8) is 0 Å². The van der Waals surface area contributed by atoms with Crippen molar-refractivity contribution in [2.45, 2.75) is 56.3 Å². The van der Waals surface area contributed by atoms with E-state index in [0.29, 0.717) is 18.8 Å². The lowest BCUT2D eigenvalue weighted by Crippen LogP contribution is -2.34. The van der Waals surface area contributed by atoms with Gasteiger partial charge in [-0.3, -0.25) is 14.3 Å². The van der Waals surface area contributed by atoms with Crippen LogP contribution in [0.2, 0.25) is 0 Å². The summed E-state index contributed by atoms with van der Waals surface area (Å²) >= 11 is 0. The topological polar surface area (TPSA) is 76.1 Å². The number of ether oxygens (including phenoxy) is 1. The normalized spacial score (nSPS) is 22.8. The number of aryl methyl sites for hydroxylation is 1. The average molecular weight is 539 g/mol. The highest BCUT2D eigenvalue weighted by molar-refractivity contribution is 5.68. The summed E-state index contributed by atoms with van der Waals surface area (Å²) < 4.78 is 82.4. The molecule has 12 heteroatoms. The van der Waals surface area contributed by atoms with Crippen LogP contribution in [-0.4, -0.2) is 22.0 Å². The van der Waals surface area contributed by atoms with Crippen molar-refractivity contribution in [2.75, 3.05) is 0 Å². The number of alkyl halides is 6. The minimum atomic E-state index is -4.95. The van der Waals surface area contributed by atoms with Gasteiger partial charge in [0.1, 0.15) is 5.75 Å². The van der Waals surface area contributed by atoms with E-state index in [0.717, 1.165) is 36.6 Å². The van der Waals surface area contributed by atoms with E-state index in [2.05, 4.69) is 15.0 Å². The third kappa shape index (κ3) is 5.22. The summed E-state index contributed by atoms with van der Waals surface area (Å²) in [7, 11) is 0. The number of piperidine rings is 1. The number of benzene rings is 2. The maximum absolute atomic E-state index is 12.9. The third-order valence-corrected chi connectivity index (χ3v) is 7.23. The van der Waals surface area contributed by atoms with E-state index in [1.54, 1.807) is 0 Å². The van der Waals surface area contributed by atoms with Crippen LogP contribution in [0.5, 0.6) is 5.75 Å². The van der Waals surface area contributed by atoms with Crippen molar-refractivity contribution in [3.8, 4) is 16.9 Å². The summed E-state index contributed by atoms with van der Waals surface area (Å²) in [4.78, 5) is 26.9. The van der Waals surface area contributed by atoms with Crippen LogP contribution in [0.15, 0.2) is 64.3 Å². The summed E-state index contributed by atoms with van der Waals surface area (Å²) in [6.45, 7) is 0.209. The number of rotatable bonds is 7. The van der Waals surface area contributed by atoms with Gasteiger partial charge < -0.3 is 10.1 Å². The molecule has 0 spiro atoms. The second-order valence-electron chi connectivity index (χ2n) is 9.71. The van der Waals surface area contributed by atoms with Crippen LogP contribution in [0, 0.1) is 5.92 Å². The smallest absolute Gasteiger partial charge is 0.405 e. The predicted molar refractivity (Wildman–Crippen MR) is 125 cm³/mol. The van der Waals surface area contributed by atoms with Crippen molar-refractivity contribution < 1.29 is 31.1 Å². The zero-order valence-electron chi connectivity index (χ0n) is 19.8.